The van der Waals surface area contributed by atoms with Crippen LogP contribution in [0.15, 0.2) is 23.2 Å². The Hall–Kier alpha value is -2.09. The fourth-order valence-electron chi connectivity index (χ4n) is 1.92. The number of benzene rings is 1. The van der Waals surface area contributed by atoms with E-state index in [9.17, 15) is 8.78 Å². The Bertz CT molecular complexity index is 513. The molecule has 24 heavy (non-hydrogen) atoms. The van der Waals surface area contributed by atoms with E-state index in [0.29, 0.717) is 38.9 Å². The molecule has 0 spiro atoms. The van der Waals surface area contributed by atoms with E-state index in [0.717, 1.165) is 5.56 Å². The van der Waals surface area contributed by atoms with E-state index in [2.05, 4.69) is 20.4 Å². The minimum Gasteiger partial charge on any atom is -0.490 e. The van der Waals surface area contributed by atoms with E-state index in [-0.39, 0.29) is 11.5 Å². The van der Waals surface area contributed by atoms with Gasteiger partial charge < -0.3 is 24.8 Å². The van der Waals surface area contributed by atoms with Crippen molar-refractivity contribution in [3.63, 3.8) is 0 Å². The summed E-state index contributed by atoms with van der Waals surface area (Å²) in [6.07, 6.45) is 0. The second-order valence-electron chi connectivity index (χ2n) is 4.64. The molecule has 0 fully saturated rings. The van der Waals surface area contributed by atoms with Crippen molar-refractivity contribution in [1.82, 2.24) is 10.6 Å². The maximum absolute atomic E-state index is 12.4. The fourth-order valence-corrected chi connectivity index (χ4v) is 1.92. The molecule has 0 unspecified atom stereocenters. The van der Waals surface area contributed by atoms with Gasteiger partial charge in [0.2, 0.25) is 0 Å². The molecule has 0 aliphatic heterocycles. The fraction of sp³-hybridized carbons (Fsp3) is 0.562. The summed E-state index contributed by atoms with van der Waals surface area (Å²) in [6.45, 7) is 3.54. The molecular formula is C16H25F2N3O3. The van der Waals surface area contributed by atoms with Crippen molar-refractivity contribution in [2.24, 2.45) is 4.99 Å². The Morgan fingerprint density at radius 3 is 2.58 bits per heavy atom. The number of hydrogen-bond donors (Lipinski definition) is 2. The van der Waals surface area contributed by atoms with E-state index in [1.165, 1.54) is 6.07 Å². The summed E-state index contributed by atoms with van der Waals surface area (Å²) in [5, 5.41) is 6.24. The summed E-state index contributed by atoms with van der Waals surface area (Å²) in [5.41, 5.74) is 0.854. The predicted molar refractivity (Wildman–Crippen MR) is 88.9 cm³/mol. The molecule has 6 nitrogen and oxygen atoms in total. The normalized spacial score (nSPS) is 11.5. The number of guanidine groups is 1. The first-order valence-electron chi connectivity index (χ1n) is 7.83. The molecular weight excluding hydrogens is 320 g/mol. The summed E-state index contributed by atoms with van der Waals surface area (Å²) in [4.78, 5) is 4.10. The predicted octanol–water partition coefficient (Wildman–Crippen LogP) is 2.39. The Balaban J connectivity index is 2.61. The second kappa shape index (κ2) is 11.4. The van der Waals surface area contributed by atoms with Gasteiger partial charge in [-0.25, -0.2) is 0 Å². The molecule has 136 valence electrons. The second-order valence-corrected chi connectivity index (χ2v) is 4.64. The molecule has 0 heterocycles. The van der Waals surface area contributed by atoms with E-state index >= 15 is 0 Å². The molecule has 2 N–H and O–H groups in total. The van der Waals surface area contributed by atoms with Gasteiger partial charge in [0.25, 0.3) is 0 Å². The van der Waals surface area contributed by atoms with Crippen molar-refractivity contribution < 1.29 is 23.0 Å². The van der Waals surface area contributed by atoms with Gasteiger partial charge in [0.15, 0.2) is 17.5 Å². The van der Waals surface area contributed by atoms with Gasteiger partial charge in [0.05, 0.1) is 13.2 Å². The third-order valence-corrected chi connectivity index (χ3v) is 2.95. The highest BCUT2D eigenvalue weighted by Crippen LogP contribution is 2.29. The van der Waals surface area contributed by atoms with Crippen molar-refractivity contribution in [3.05, 3.63) is 23.8 Å². The number of rotatable bonds is 10. The van der Waals surface area contributed by atoms with Gasteiger partial charge in [-0.05, 0) is 31.5 Å². The Labute approximate surface area is 141 Å². The monoisotopic (exact) mass is 345 g/mol. The van der Waals surface area contributed by atoms with Gasteiger partial charge >= 0.3 is 6.61 Å². The number of alkyl halides is 2. The smallest absolute Gasteiger partial charge is 0.387 e. The maximum atomic E-state index is 12.4. The van der Waals surface area contributed by atoms with E-state index in [4.69, 9.17) is 9.47 Å². The van der Waals surface area contributed by atoms with Crippen LogP contribution in [-0.4, -0.2) is 46.0 Å². The molecule has 1 aromatic rings. The van der Waals surface area contributed by atoms with Crippen LogP contribution < -0.4 is 20.1 Å². The molecule has 0 saturated heterocycles. The number of ether oxygens (including phenoxy) is 3. The quantitative estimate of drug-likeness (QED) is 0.387. The summed E-state index contributed by atoms with van der Waals surface area (Å²) >= 11 is 0. The van der Waals surface area contributed by atoms with E-state index < -0.39 is 6.61 Å². The molecule has 1 rings (SSSR count). The van der Waals surface area contributed by atoms with Gasteiger partial charge in [0, 0.05) is 26.7 Å². The third kappa shape index (κ3) is 7.45. The van der Waals surface area contributed by atoms with Crippen LogP contribution in [0.2, 0.25) is 0 Å². The number of hydrogen-bond acceptors (Lipinski definition) is 4. The first kappa shape index (κ1) is 20.0. The first-order valence-corrected chi connectivity index (χ1v) is 7.83. The molecule has 0 aromatic heterocycles. The molecule has 0 amide bonds. The lowest BCUT2D eigenvalue weighted by atomic mass is 10.2. The molecule has 1 aromatic carbocycles. The van der Waals surface area contributed by atoms with Gasteiger partial charge in [-0.2, -0.15) is 8.78 Å². The highest BCUT2D eigenvalue weighted by atomic mass is 19.3. The average molecular weight is 345 g/mol. The van der Waals surface area contributed by atoms with Crippen molar-refractivity contribution in [3.8, 4) is 11.5 Å². The van der Waals surface area contributed by atoms with Crippen LogP contribution in [0.5, 0.6) is 11.5 Å². The lowest BCUT2D eigenvalue weighted by molar-refractivity contribution is -0.0514. The number of nitrogens with one attached hydrogen (secondary N) is 2. The summed E-state index contributed by atoms with van der Waals surface area (Å²) < 4.78 is 39.8. The van der Waals surface area contributed by atoms with Crippen LogP contribution in [0, 0.1) is 0 Å². The van der Waals surface area contributed by atoms with Crippen molar-refractivity contribution >= 4 is 5.96 Å². The van der Waals surface area contributed by atoms with Crippen LogP contribution in [0.1, 0.15) is 19.4 Å². The van der Waals surface area contributed by atoms with Gasteiger partial charge in [-0.3, -0.25) is 4.99 Å². The standard InChI is InChI=1S/C16H25F2N3O3/c1-4-22-9-8-20-16(19-3)21-11-12-6-7-13(24-15(17)18)14(10-12)23-5-2/h6-7,10,15H,4-5,8-9,11H2,1-3H3,(H2,19,20,21). The van der Waals surface area contributed by atoms with Crippen LogP contribution in [0.3, 0.4) is 0 Å². The van der Waals surface area contributed by atoms with Crippen LogP contribution in [0.4, 0.5) is 8.78 Å². The molecule has 8 heteroatoms. The van der Waals surface area contributed by atoms with E-state index in [1.807, 2.05) is 6.92 Å². The molecule has 0 aliphatic carbocycles. The van der Waals surface area contributed by atoms with E-state index in [1.54, 1.807) is 26.1 Å². The SMILES string of the molecule is CCOCCNC(=NC)NCc1ccc(OC(F)F)c(OCC)c1. The summed E-state index contributed by atoms with van der Waals surface area (Å²) in [7, 11) is 1.67. The average Bonchev–Trinajstić information content (AvgIpc) is 2.56. The highest BCUT2D eigenvalue weighted by Gasteiger charge is 2.11. The molecule has 0 atom stereocenters. The Kier molecular flexibility index (Phi) is 9.52. The largest absolute Gasteiger partial charge is 0.490 e. The van der Waals surface area contributed by atoms with Crippen molar-refractivity contribution in [1.29, 1.82) is 0 Å². The van der Waals surface area contributed by atoms with Crippen molar-refractivity contribution in [2.45, 2.75) is 27.0 Å². The zero-order chi connectivity index (χ0) is 17.8. The van der Waals surface area contributed by atoms with Crippen LogP contribution >= 0.6 is 0 Å². The van der Waals surface area contributed by atoms with Crippen LogP contribution in [-0.2, 0) is 11.3 Å². The molecule has 0 aliphatic rings. The number of halogens is 2. The zero-order valence-electron chi connectivity index (χ0n) is 14.3. The lowest BCUT2D eigenvalue weighted by Gasteiger charge is -2.14. The highest BCUT2D eigenvalue weighted by molar-refractivity contribution is 5.79. The minimum atomic E-state index is -2.89. The maximum Gasteiger partial charge on any atom is 0.387 e. The van der Waals surface area contributed by atoms with Gasteiger partial charge in [-0.15, -0.1) is 0 Å². The first-order chi connectivity index (χ1) is 11.6. The van der Waals surface area contributed by atoms with Crippen LogP contribution in [0.25, 0.3) is 0 Å². The number of aliphatic imine (C=N–C) groups is 1. The van der Waals surface area contributed by atoms with Gasteiger partial charge in [-0.1, -0.05) is 6.07 Å². The zero-order valence-corrected chi connectivity index (χ0v) is 14.3. The number of nitrogens with zero attached hydrogens (tertiary/aromatic N) is 1. The Morgan fingerprint density at radius 1 is 1.17 bits per heavy atom. The minimum absolute atomic E-state index is 0.0230. The molecule has 0 bridgehead atoms. The third-order valence-electron chi connectivity index (χ3n) is 2.95. The molecule has 0 radical (unpaired) electrons. The summed E-state index contributed by atoms with van der Waals surface area (Å²) in [6, 6.07) is 4.84. The Morgan fingerprint density at radius 2 is 1.96 bits per heavy atom. The molecule has 0 saturated carbocycles. The topological polar surface area (TPSA) is 64.1 Å². The summed E-state index contributed by atoms with van der Waals surface area (Å²) in [5.74, 6) is 0.937. The van der Waals surface area contributed by atoms with Crippen molar-refractivity contribution in [2.75, 3.05) is 33.4 Å². The lowest BCUT2D eigenvalue weighted by Crippen LogP contribution is -2.38. The van der Waals surface area contributed by atoms with Gasteiger partial charge in [0.1, 0.15) is 0 Å².